The van der Waals surface area contributed by atoms with Crippen LogP contribution in [0.3, 0.4) is 0 Å². The third kappa shape index (κ3) is 2.98. The first kappa shape index (κ1) is 16.4. The van der Waals surface area contributed by atoms with Gasteiger partial charge in [0.05, 0.1) is 0 Å². The molecule has 1 aliphatic carbocycles. The second kappa shape index (κ2) is 6.70. The van der Waals surface area contributed by atoms with Crippen LogP contribution in [0.5, 0.6) is 0 Å². The molecule has 26 heavy (non-hydrogen) atoms. The van der Waals surface area contributed by atoms with Gasteiger partial charge in [-0.05, 0) is 44.7 Å². The molecule has 0 saturated heterocycles. The van der Waals surface area contributed by atoms with Gasteiger partial charge in [0.1, 0.15) is 11.7 Å². The van der Waals surface area contributed by atoms with Gasteiger partial charge in [0.15, 0.2) is 5.69 Å². The molecule has 1 unspecified atom stereocenters. The maximum atomic E-state index is 12.7. The van der Waals surface area contributed by atoms with E-state index in [0.717, 1.165) is 36.9 Å². The lowest BCUT2D eigenvalue weighted by Gasteiger charge is -2.13. The fourth-order valence-electron chi connectivity index (χ4n) is 3.29. The Labute approximate surface area is 150 Å². The van der Waals surface area contributed by atoms with Crippen molar-refractivity contribution < 1.29 is 9.32 Å². The molecule has 1 aliphatic rings. The second-order valence-electron chi connectivity index (χ2n) is 6.47. The van der Waals surface area contributed by atoms with Crippen molar-refractivity contribution in [3.8, 4) is 11.5 Å². The fraction of sp³-hybridized carbons (Fsp3) is 0.389. The number of nitrogens with zero attached hydrogens (tertiary/aromatic N) is 5. The Bertz CT molecular complexity index is 931. The highest BCUT2D eigenvalue weighted by atomic mass is 16.5. The van der Waals surface area contributed by atoms with Crippen LogP contribution in [0, 0.1) is 0 Å². The van der Waals surface area contributed by atoms with Gasteiger partial charge in [0.2, 0.25) is 11.7 Å². The summed E-state index contributed by atoms with van der Waals surface area (Å²) in [6.07, 6.45) is 5.76. The predicted molar refractivity (Wildman–Crippen MR) is 93.3 cm³/mol. The van der Waals surface area contributed by atoms with Crippen molar-refractivity contribution in [3.05, 3.63) is 47.2 Å². The van der Waals surface area contributed by atoms with E-state index in [0.29, 0.717) is 23.1 Å². The molecule has 0 spiro atoms. The van der Waals surface area contributed by atoms with E-state index in [9.17, 15) is 4.79 Å². The number of carbonyl (C=O) groups excluding carboxylic acids is 1. The lowest BCUT2D eigenvalue weighted by molar-refractivity contribution is 0.0925. The topological polar surface area (TPSA) is 98.7 Å². The zero-order valence-electron chi connectivity index (χ0n) is 14.8. The van der Waals surface area contributed by atoms with Crippen molar-refractivity contribution in [3.63, 3.8) is 0 Å². The molecular weight excluding hydrogens is 332 g/mol. The molecule has 1 N–H and O–H groups in total. The summed E-state index contributed by atoms with van der Waals surface area (Å²) in [5.74, 6) is 0.523. The van der Waals surface area contributed by atoms with E-state index in [1.807, 2.05) is 30.8 Å². The van der Waals surface area contributed by atoms with E-state index in [4.69, 9.17) is 4.52 Å². The Morgan fingerprint density at radius 1 is 1.31 bits per heavy atom. The van der Waals surface area contributed by atoms with Crippen molar-refractivity contribution in [2.24, 2.45) is 7.05 Å². The number of aryl methyl sites for hydroxylation is 1. The minimum atomic E-state index is -0.422. The minimum Gasteiger partial charge on any atom is -0.339 e. The fourth-order valence-corrected chi connectivity index (χ4v) is 3.29. The van der Waals surface area contributed by atoms with Gasteiger partial charge in [-0.25, -0.2) is 0 Å². The number of hydrogen-bond donors (Lipinski definition) is 1. The molecule has 3 aromatic rings. The van der Waals surface area contributed by atoms with Gasteiger partial charge in [-0.2, -0.15) is 10.1 Å². The van der Waals surface area contributed by atoms with Crippen molar-refractivity contribution in [1.82, 2.24) is 30.2 Å². The summed E-state index contributed by atoms with van der Waals surface area (Å²) in [7, 11) is 1.89. The van der Waals surface area contributed by atoms with Gasteiger partial charge in [0, 0.05) is 24.5 Å². The van der Waals surface area contributed by atoms with Crippen LogP contribution >= 0.6 is 0 Å². The number of hydrogen-bond acceptors (Lipinski definition) is 6. The van der Waals surface area contributed by atoms with E-state index in [1.54, 1.807) is 12.3 Å². The molecule has 0 fully saturated rings. The zero-order valence-corrected chi connectivity index (χ0v) is 14.8. The predicted octanol–water partition coefficient (Wildman–Crippen LogP) is 2.23. The van der Waals surface area contributed by atoms with Crippen molar-refractivity contribution in [2.75, 3.05) is 0 Å². The van der Waals surface area contributed by atoms with E-state index < -0.39 is 6.04 Å². The largest absolute Gasteiger partial charge is 0.339 e. The lowest BCUT2D eigenvalue weighted by atomic mass is 9.95. The Balaban J connectivity index is 1.51. The van der Waals surface area contributed by atoms with Crippen molar-refractivity contribution in [2.45, 2.75) is 38.6 Å². The van der Waals surface area contributed by atoms with Crippen LogP contribution in [-0.4, -0.2) is 30.8 Å². The first-order valence-electron chi connectivity index (χ1n) is 8.74. The first-order chi connectivity index (χ1) is 12.6. The normalized spacial score (nSPS) is 14.7. The van der Waals surface area contributed by atoms with Crippen LogP contribution < -0.4 is 5.32 Å². The quantitative estimate of drug-likeness (QED) is 0.773. The highest BCUT2D eigenvalue weighted by Crippen LogP contribution is 2.24. The van der Waals surface area contributed by atoms with Crippen LogP contribution in [-0.2, 0) is 19.9 Å². The van der Waals surface area contributed by atoms with Gasteiger partial charge in [-0.3, -0.25) is 14.5 Å². The van der Waals surface area contributed by atoms with Gasteiger partial charge in [-0.1, -0.05) is 11.2 Å². The molecule has 0 aromatic carbocycles. The van der Waals surface area contributed by atoms with Crippen LogP contribution in [0.1, 0.15) is 53.4 Å². The molecule has 3 heterocycles. The third-order valence-corrected chi connectivity index (χ3v) is 4.63. The molecular formula is C18H20N6O2. The van der Waals surface area contributed by atoms with E-state index in [2.05, 4.69) is 25.5 Å². The Morgan fingerprint density at radius 3 is 2.96 bits per heavy atom. The smallest absolute Gasteiger partial charge is 0.272 e. The summed E-state index contributed by atoms with van der Waals surface area (Å²) in [4.78, 5) is 21.2. The summed E-state index contributed by atoms with van der Waals surface area (Å²) >= 11 is 0. The van der Waals surface area contributed by atoms with Gasteiger partial charge in [-0.15, -0.1) is 0 Å². The molecule has 0 aliphatic heterocycles. The molecule has 3 aromatic heterocycles. The zero-order chi connectivity index (χ0) is 18.1. The summed E-state index contributed by atoms with van der Waals surface area (Å²) in [6.45, 7) is 1.81. The molecule has 0 saturated carbocycles. The number of fused-ring (bicyclic) bond motifs is 1. The molecule has 1 amide bonds. The van der Waals surface area contributed by atoms with Crippen molar-refractivity contribution in [1.29, 1.82) is 0 Å². The summed E-state index contributed by atoms with van der Waals surface area (Å²) in [5, 5.41) is 11.3. The number of pyridine rings is 1. The maximum Gasteiger partial charge on any atom is 0.272 e. The van der Waals surface area contributed by atoms with Crippen LogP contribution in [0.4, 0.5) is 0 Å². The monoisotopic (exact) mass is 352 g/mol. The maximum absolute atomic E-state index is 12.7. The van der Waals surface area contributed by atoms with Crippen LogP contribution in [0.25, 0.3) is 11.5 Å². The molecule has 4 rings (SSSR count). The van der Waals surface area contributed by atoms with Crippen molar-refractivity contribution >= 4 is 5.91 Å². The number of carbonyl (C=O) groups is 1. The number of nitrogens with one attached hydrogen (secondary N) is 1. The average Bonchev–Trinajstić information content (AvgIpc) is 3.28. The summed E-state index contributed by atoms with van der Waals surface area (Å²) in [6, 6.07) is 5.06. The van der Waals surface area contributed by atoms with E-state index >= 15 is 0 Å². The second-order valence-corrected chi connectivity index (χ2v) is 6.47. The van der Waals surface area contributed by atoms with Gasteiger partial charge in [0.25, 0.3) is 5.91 Å². The summed E-state index contributed by atoms with van der Waals surface area (Å²) in [5.41, 5.74) is 3.34. The third-order valence-electron chi connectivity index (χ3n) is 4.63. The SMILES string of the molecule is CC(NC(=O)c1nn(C)c2c1CCCC2)c1nc(-c2ccccn2)no1. The molecule has 0 radical (unpaired) electrons. The van der Waals surface area contributed by atoms with Crippen LogP contribution in [0.2, 0.25) is 0 Å². The highest BCUT2D eigenvalue weighted by Gasteiger charge is 2.26. The standard InChI is InChI=1S/C18H20N6O2/c1-11(18-21-16(23-26-18)13-8-5-6-10-19-13)20-17(25)15-12-7-3-4-9-14(12)24(2)22-15/h5-6,8,10-11H,3-4,7,9H2,1-2H3,(H,20,25). The molecule has 134 valence electrons. The Kier molecular flexibility index (Phi) is 4.24. The minimum absolute atomic E-state index is 0.214. The van der Waals surface area contributed by atoms with Gasteiger partial charge >= 0.3 is 0 Å². The Morgan fingerprint density at radius 2 is 2.15 bits per heavy atom. The Hall–Kier alpha value is -3.03. The number of aromatic nitrogens is 5. The number of rotatable bonds is 4. The van der Waals surface area contributed by atoms with E-state index in [-0.39, 0.29) is 5.91 Å². The van der Waals surface area contributed by atoms with Gasteiger partial charge < -0.3 is 9.84 Å². The molecule has 8 heteroatoms. The molecule has 1 atom stereocenters. The lowest BCUT2D eigenvalue weighted by Crippen LogP contribution is -2.28. The van der Waals surface area contributed by atoms with Crippen LogP contribution in [0.15, 0.2) is 28.9 Å². The molecule has 0 bridgehead atoms. The number of amides is 1. The van der Waals surface area contributed by atoms with E-state index in [1.165, 1.54) is 0 Å². The average molecular weight is 352 g/mol. The first-order valence-corrected chi connectivity index (χ1v) is 8.74. The molecule has 8 nitrogen and oxygen atoms in total. The summed E-state index contributed by atoms with van der Waals surface area (Å²) < 4.78 is 7.11. The highest BCUT2D eigenvalue weighted by molar-refractivity contribution is 5.94.